The summed E-state index contributed by atoms with van der Waals surface area (Å²) in [5.74, 6) is 0.541. The second-order valence-corrected chi connectivity index (χ2v) is 6.38. The van der Waals surface area contributed by atoms with Gasteiger partial charge >= 0.3 is 5.69 Å². The summed E-state index contributed by atoms with van der Waals surface area (Å²) in [6.45, 7) is 6.51. The first-order valence-electron chi connectivity index (χ1n) is 9.01. The van der Waals surface area contributed by atoms with Crippen molar-refractivity contribution in [3.63, 3.8) is 0 Å². The van der Waals surface area contributed by atoms with Gasteiger partial charge in [-0.25, -0.2) is 19.3 Å². The minimum absolute atomic E-state index is 0.0275. The highest BCUT2D eigenvalue weighted by atomic mass is 16.5. The minimum Gasteiger partial charge on any atom is -0.494 e. The van der Waals surface area contributed by atoms with E-state index in [1.54, 1.807) is 24.3 Å². The van der Waals surface area contributed by atoms with E-state index in [0.717, 1.165) is 12.8 Å². The van der Waals surface area contributed by atoms with Crippen LogP contribution in [0.1, 0.15) is 55.8 Å². The summed E-state index contributed by atoms with van der Waals surface area (Å²) >= 11 is 0. The Morgan fingerprint density at radius 3 is 2.56 bits per heavy atom. The summed E-state index contributed by atoms with van der Waals surface area (Å²) in [4.78, 5) is 36.0. The third kappa shape index (κ3) is 3.55. The van der Waals surface area contributed by atoms with E-state index >= 15 is 0 Å². The smallest absolute Gasteiger partial charge is 0.332 e. The predicted octanol–water partition coefficient (Wildman–Crippen LogP) is 2.51. The van der Waals surface area contributed by atoms with Gasteiger partial charge in [0.25, 0.3) is 5.91 Å². The van der Waals surface area contributed by atoms with Crippen LogP contribution in [-0.4, -0.2) is 32.0 Å². The lowest BCUT2D eigenvalue weighted by Crippen LogP contribution is -2.17. The molecular weight excluding hydrogens is 346 g/mol. The number of H-pyrrole nitrogens is 1. The Hall–Kier alpha value is -3.16. The zero-order chi connectivity index (χ0) is 19.6. The number of benzene rings is 1. The van der Waals surface area contributed by atoms with Crippen molar-refractivity contribution >= 4 is 17.1 Å². The van der Waals surface area contributed by atoms with E-state index in [0.29, 0.717) is 29.5 Å². The third-order valence-electron chi connectivity index (χ3n) is 4.36. The summed E-state index contributed by atoms with van der Waals surface area (Å²) < 4.78 is 6.86. The van der Waals surface area contributed by atoms with Gasteiger partial charge in [-0.15, -0.1) is 0 Å². The number of nitrogens with zero attached hydrogens (tertiary/aromatic N) is 3. The number of carbonyl (C=O) groups excluding carboxylic acids is 1. The number of ether oxygens (including phenoxy) is 1. The molecule has 0 aliphatic rings. The number of nitrogens with two attached hydrogens (primary N) is 1. The number of aromatic amines is 1. The van der Waals surface area contributed by atoms with Crippen LogP contribution in [0.3, 0.4) is 0 Å². The zero-order valence-corrected chi connectivity index (χ0v) is 15.7. The summed E-state index contributed by atoms with van der Waals surface area (Å²) in [6, 6.07) is 7.09. The van der Waals surface area contributed by atoms with Gasteiger partial charge in [-0.3, -0.25) is 4.79 Å². The molecule has 1 amide bonds. The molecule has 0 aliphatic carbocycles. The van der Waals surface area contributed by atoms with E-state index in [-0.39, 0.29) is 17.1 Å². The molecule has 27 heavy (non-hydrogen) atoms. The highest BCUT2D eigenvalue weighted by molar-refractivity contribution is 6.01. The summed E-state index contributed by atoms with van der Waals surface area (Å²) in [6.07, 6.45) is 1.81. The van der Waals surface area contributed by atoms with E-state index in [1.807, 2.05) is 13.8 Å². The fourth-order valence-corrected chi connectivity index (χ4v) is 3.06. The molecule has 0 bridgehead atoms. The van der Waals surface area contributed by atoms with E-state index in [2.05, 4.69) is 21.9 Å². The molecule has 3 aromatic rings. The van der Waals surface area contributed by atoms with Crippen LogP contribution in [0.4, 0.5) is 0 Å². The van der Waals surface area contributed by atoms with Gasteiger partial charge in [-0.05, 0) is 37.6 Å². The normalized spacial score (nSPS) is 12.3. The maximum absolute atomic E-state index is 12.6. The van der Waals surface area contributed by atoms with Crippen LogP contribution in [0.5, 0.6) is 5.75 Å². The molecule has 0 saturated heterocycles. The van der Waals surface area contributed by atoms with Crippen LogP contribution in [0.2, 0.25) is 0 Å². The van der Waals surface area contributed by atoms with E-state index in [9.17, 15) is 9.59 Å². The largest absolute Gasteiger partial charge is 0.494 e. The molecule has 0 radical (unpaired) electrons. The molecule has 0 aliphatic heterocycles. The lowest BCUT2D eigenvalue weighted by atomic mass is 10.1. The average molecular weight is 369 g/mol. The molecule has 8 heteroatoms. The zero-order valence-electron chi connectivity index (χ0n) is 15.7. The fourth-order valence-electron chi connectivity index (χ4n) is 3.06. The Balaban J connectivity index is 2.22. The first-order chi connectivity index (χ1) is 13.0. The van der Waals surface area contributed by atoms with E-state index in [4.69, 9.17) is 10.5 Å². The average Bonchev–Trinajstić information content (AvgIpc) is 2.97. The van der Waals surface area contributed by atoms with Crippen molar-refractivity contribution < 1.29 is 9.53 Å². The maximum atomic E-state index is 12.6. The highest BCUT2D eigenvalue weighted by Crippen LogP contribution is 2.23. The van der Waals surface area contributed by atoms with Crippen molar-refractivity contribution in [2.75, 3.05) is 6.61 Å². The number of hydrogen-bond acceptors (Lipinski definition) is 5. The fraction of sp³-hybridized carbons (Fsp3) is 0.368. The van der Waals surface area contributed by atoms with Crippen LogP contribution >= 0.6 is 0 Å². The first kappa shape index (κ1) is 18.6. The molecular formula is C19H23N5O3. The summed E-state index contributed by atoms with van der Waals surface area (Å²) in [5, 5.41) is 0. The Bertz CT molecular complexity index is 1020. The van der Waals surface area contributed by atoms with Crippen LogP contribution in [-0.2, 0) is 0 Å². The Morgan fingerprint density at radius 2 is 1.96 bits per heavy atom. The molecule has 2 aromatic heterocycles. The number of rotatable bonds is 7. The van der Waals surface area contributed by atoms with E-state index < -0.39 is 11.6 Å². The number of aromatic nitrogens is 4. The molecule has 1 atom stereocenters. The van der Waals surface area contributed by atoms with E-state index in [1.165, 1.54) is 4.57 Å². The molecule has 1 aromatic carbocycles. The monoisotopic (exact) mass is 369 g/mol. The molecule has 3 rings (SSSR count). The quantitative estimate of drug-likeness (QED) is 0.664. The van der Waals surface area contributed by atoms with Crippen molar-refractivity contribution in [1.82, 2.24) is 19.5 Å². The third-order valence-corrected chi connectivity index (χ3v) is 4.36. The van der Waals surface area contributed by atoms with Crippen LogP contribution in [0.25, 0.3) is 16.9 Å². The number of primary amides is 1. The second-order valence-electron chi connectivity index (χ2n) is 6.38. The van der Waals surface area contributed by atoms with Crippen molar-refractivity contribution in [1.29, 1.82) is 0 Å². The molecule has 2 heterocycles. The first-order valence-corrected chi connectivity index (χ1v) is 9.01. The minimum atomic E-state index is -0.701. The maximum Gasteiger partial charge on any atom is 0.332 e. The van der Waals surface area contributed by atoms with Gasteiger partial charge in [-0.1, -0.05) is 20.3 Å². The Kier molecular flexibility index (Phi) is 5.25. The van der Waals surface area contributed by atoms with Gasteiger partial charge in [0, 0.05) is 5.92 Å². The molecule has 0 spiro atoms. The lowest BCUT2D eigenvalue weighted by molar-refractivity contribution is 0.0996. The number of hydrogen-bond donors (Lipinski definition) is 2. The van der Waals surface area contributed by atoms with Crippen molar-refractivity contribution in [2.45, 2.75) is 39.5 Å². The van der Waals surface area contributed by atoms with Gasteiger partial charge in [0.2, 0.25) is 0 Å². The van der Waals surface area contributed by atoms with Crippen LogP contribution in [0, 0.1) is 0 Å². The predicted molar refractivity (Wildman–Crippen MR) is 102 cm³/mol. The van der Waals surface area contributed by atoms with Gasteiger partial charge in [0.15, 0.2) is 11.3 Å². The molecule has 142 valence electrons. The highest BCUT2D eigenvalue weighted by Gasteiger charge is 2.21. The number of nitrogens with one attached hydrogen (secondary N) is 1. The van der Waals surface area contributed by atoms with Crippen molar-refractivity contribution in [2.24, 2.45) is 5.73 Å². The molecule has 8 nitrogen and oxygen atoms in total. The Labute approximate surface area is 156 Å². The molecule has 0 saturated carbocycles. The molecule has 0 unspecified atom stereocenters. The van der Waals surface area contributed by atoms with Crippen LogP contribution in [0.15, 0.2) is 29.1 Å². The summed E-state index contributed by atoms with van der Waals surface area (Å²) in [5.41, 5.74) is 6.31. The van der Waals surface area contributed by atoms with Gasteiger partial charge in [0.05, 0.1) is 12.3 Å². The number of fused-ring (bicyclic) bond motifs is 1. The van der Waals surface area contributed by atoms with Gasteiger partial charge < -0.3 is 15.5 Å². The SMILES string of the molecule is CCC[C@H](C)c1nc(C(N)=O)c2[nH]c(=O)n(-c3ccc(OCC)cc3)c2n1. The summed E-state index contributed by atoms with van der Waals surface area (Å²) in [7, 11) is 0. The lowest BCUT2D eigenvalue weighted by Gasteiger charge is -2.11. The molecule has 3 N–H and O–H groups in total. The van der Waals surface area contributed by atoms with Crippen LogP contribution < -0.4 is 16.2 Å². The standard InChI is InChI=1S/C19H23N5O3/c1-4-6-11(3)17-21-14(16(20)25)15-18(23-17)24(19(26)22-15)12-7-9-13(10-8-12)27-5-2/h7-11H,4-6H2,1-3H3,(H2,20,25)(H,22,26)/t11-/m0/s1. The van der Waals surface area contributed by atoms with Gasteiger partial charge in [0.1, 0.15) is 17.1 Å². The number of carbonyl (C=O) groups is 1. The molecule has 0 fully saturated rings. The Morgan fingerprint density at radius 1 is 1.26 bits per heavy atom. The topological polar surface area (TPSA) is 116 Å². The van der Waals surface area contributed by atoms with Gasteiger partial charge in [-0.2, -0.15) is 0 Å². The van der Waals surface area contributed by atoms with Crippen molar-refractivity contribution in [3.8, 4) is 11.4 Å². The van der Waals surface area contributed by atoms with Crippen molar-refractivity contribution in [3.05, 3.63) is 46.3 Å². The number of amides is 1. The number of imidazole rings is 1. The second kappa shape index (κ2) is 7.61.